The molecule has 0 atom stereocenters. The number of carbonyl (C=O) groups is 1. The highest BCUT2D eigenvalue weighted by atomic mass is 35.5. The molecule has 7 nitrogen and oxygen atoms in total. The first-order valence-corrected chi connectivity index (χ1v) is 12.2. The number of nitrogens with one attached hydrogen (secondary N) is 1. The van der Waals surface area contributed by atoms with Crippen LogP contribution in [0.1, 0.15) is 26.5 Å². The van der Waals surface area contributed by atoms with E-state index in [2.05, 4.69) is 27.3 Å². The van der Waals surface area contributed by atoms with Gasteiger partial charge in [-0.25, -0.2) is 17.7 Å². The van der Waals surface area contributed by atoms with E-state index in [0.29, 0.717) is 10.7 Å². The minimum Gasteiger partial charge on any atom is -0.298 e. The number of rotatable bonds is 6. The molecule has 1 N–H and O–H groups in total. The lowest BCUT2D eigenvalue weighted by Gasteiger charge is -2.25. The van der Waals surface area contributed by atoms with Gasteiger partial charge >= 0.3 is 0 Å². The van der Waals surface area contributed by atoms with E-state index in [1.54, 1.807) is 0 Å². The Morgan fingerprint density at radius 3 is 2.47 bits per heavy atom. The van der Waals surface area contributed by atoms with Crippen molar-refractivity contribution in [1.82, 2.24) is 14.2 Å². The van der Waals surface area contributed by atoms with Gasteiger partial charge in [-0.15, -0.1) is 23.7 Å². The molecular weight excluding hydrogens is 468 g/mol. The van der Waals surface area contributed by atoms with Gasteiger partial charge in [-0.2, -0.15) is 0 Å². The molecule has 2 aromatic carbocycles. The van der Waals surface area contributed by atoms with Crippen molar-refractivity contribution in [2.45, 2.75) is 24.4 Å². The molecule has 170 valence electrons. The molecule has 10 heteroatoms. The Balaban J connectivity index is 0.00000289. The van der Waals surface area contributed by atoms with Crippen molar-refractivity contribution in [3.63, 3.8) is 0 Å². The highest BCUT2D eigenvalue weighted by molar-refractivity contribution is 7.89. The van der Waals surface area contributed by atoms with E-state index < -0.39 is 10.0 Å². The van der Waals surface area contributed by atoms with Gasteiger partial charge in [0.15, 0.2) is 5.13 Å². The highest BCUT2D eigenvalue weighted by Crippen LogP contribution is 2.29. The summed E-state index contributed by atoms with van der Waals surface area (Å²) >= 11 is 1.50. The first kappa shape index (κ1) is 24.3. The van der Waals surface area contributed by atoms with Crippen LogP contribution in [0, 0.1) is 0 Å². The number of aromatic nitrogens is 1. The summed E-state index contributed by atoms with van der Waals surface area (Å²) in [5.41, 5.74) is 2.71. The fourth-order valence-corrected chi connectivity index (χ4v) is 5.38. The first-order valence-electron chi connectivity index (χ1n) is 9.92. The second-order valence-electron chi connectivity index (χ2n) is 7.60. The molecule has 1 aliphatic heterocycles. The normalized spacial score (nSPS) is 14.0. The molecule has 0 saturated heterocycles. The Kier molecular flexibility index (Phi) is 7.68. The van der Waals surface area contributed by atoms with Gasteiger partial charge in [0.1, 0.15) is 0 Å². The van der Waals surface area contributed by atoms with Crippen molar-refractivity contribution in [3.8, 4) is 0 Å². The maximum absolute atomic E-state index is 12.6. The van der Waals surface area contributed by atoms with Crippen molar-refractivity contribution in [1.29, 1.82) is 0 Å². The summed E-state index contributed by atoms with van der Waals surface area (Å²) in [6, 6.07) is 16.3. The van der Waals surface area contributed by atoms with Crippen LogP contribution < -0.4 is 5.32 Å². The van der Waals surface area contributed by atoms with E-state index >= 15 is 0 Å². The number of sulfonamides is 1. The van der Waals surface area contributed by atoms with E-state index in [-0.39, 0.29) is 23.2 Å². The van der Waals surface area contributed by atoms with Gasteiger partial charge in [0.05, 0.1) is 10.6 Å². The predicted octanol–water partition coefficient (Wildman–Crippen LogP) is 3.63. The second kappa shape index (κ2) is 10.1. The largest absolute Gasteiger partial charge is 0.298 e. The summed E-state index contributed by atoms with van der Waals surface area (Å²) in [6.45, 7) is 2.64. The Hall–Kier alpha value is -2.30. The van der Waals surface area contributed by atoms with Gasteiger partial charge in [0.25, 0.3) is 5.91 Å². The van der Waals surface area contributed by atoms with Gasteiger partial charge in [-0.3, -0.25) is 15.0 Å². The topological polar surface area (TPSA) is 82.6 Å². The zero-order valence-electron chi connectivity index (χ0n) is 17.8. The van der Waals surface area contributed by atoms with E-state index in [1.165, 1.54) is 60.1 Å². The molecule has 1 aliphatic rings. The molecular formula is C22H25ClN4O3S2. The molecule has 0 spiro atoms. The van der Waals surface area contributed by atoms with Crippen molar-refractivity contribution >= 4 is 44.8 Å². The molecule has 0 fully saturated rings. The minimum atomic E-state index is -3.52. The molecule has 0 radical (unpaired) electrons. The molecule has 32 heavy (non-hydrogen) atoms. The molecule has 1 amide bonds. The van der Waals surface area contributed by atoms with Crippen molar-refractivity contribution in [3.05, 3.63) is 76.3 Å². The number of hydrogen-bond donors (Lipinski definition) is 1. The van der Waals surface area contributed by atoms with Crippen LogP contribution in [0.5, 0.6) is 0 Å². The summed E-state index contributed by atoms with van der Waals surface area (Å²) in [7, 11) is -0.575. The summed E-state index contributed by atoms with van der Waals surface area (Å²) < 4.78 is 25.5. The smallest absolute Gasteiger partial charge is 0.257 e. The number of thiazole rings is 1. The van der Waals surface area contributed by atoms with E-state index in [9.17, 15) is 13.2 Å². The standard InChI is InChI=1S/C22H24N4O3S2.ClH/c1-25(2)31(28,29)18-10-8-17(9-11-18)21(27)24-22-23-19-12-13-26(15-20(19)30-22)14-16-6-4-3-5-7-16;/h3-11H,12-15H2,1-2H3,(H,23,24,27);1H. The van der Waals surface area contributed by atoms with Gasteiger partial charge in [-0.05, 0) is 29.8 Å². The zero-order valence-corrected chi connectivity index (χ0v) is 20.3. The number of halogens is 1. The lowest BCUT2D eigenvalue weighted by Crippen LogP contribution is -2.29. The number of benzene rings is 2. The molecule has 2 heterocycles. The molecule has 0 aliphatic carbocycles. The van der Waals surface area contributed by atoms with Crippen LogP contribution in [0.4, 0.5) is 5.13 Å². The number of nitrogens with zero attached hydrogens (tertiary/aromatic N) is 3. The molecule has 0 saturated carbocycles. The van der Waals surface area contributed by atoms with Crippen LogP contribution in [-0.4, -0.2) is 49.2 Å². The maximum atomic E-state index is 12.6. The number of hydrogen-bond acceptors (Lipinski definition) is 6. The number of carbonyl (C=O) groups excluding carboxylic acids is 1. The second-order valence-corrected chi connectivity index (χ2v) is 10.8. The van der Waals surface area contributed by atoms with Crippen molar-refractivity contribution < 1.29 is 13.2 Å². The third-order valence-electron chi connectivity index (χ3n) is 5.17. The van der Waals surface area contributed by atoms with Crippen LogP contribution in [0.15, 0.2) is 59.5 Å². The third kappa shape index (κ3) is 5.36. The molecule has 4 rings (SSSR count). The predicted molar refractivity (Wildman–Crippen MR) is 129 cm³/mol. The first-order chi connectivity index (χ1) is 14.8. The van der Waals surface area contributed by atoms with Gasteiger partial charge in [-0.1, -0.05) is 30.3 Å². The molecule has 0 bridgehead atoms. The fraction of sp³-hybridized carbons (Fsp3) is 0.273. The average Bonchev–Trinajstić information content (AvgIpc) is 3.16. The maximum Gasteiger partial charge on any atom is 0.257 e. The lowest BCUT2D eigenvalue weighted by molar-refractivity contribution is 0.102. The zero-order chi connectivity index (χ0) is 22.0. The van der Waals surface area contributed by atoms with E-state index in [0.717, 1.165) is 36.1 Å². The van der Waals surface area contributed by atoms with Crippen molar-refractivity contribution in [2.24, 2.45) is 0 Å². The van der Waals surface area contributed by atoms with Gasteiger partial charge in [0, 0.05) is 50.6 Å². The van der Waals surface area contributed by atoms with E-state index in [4.69, 9.17) is 0 Å². The summed E-state index contributed by atoms with van der Waals surface area (Å²) in [4.78, 5) is 20.9. The number of fused-ring (bicyclic) bond motifs is 1. The summed E-state index contributed by atoms with van der Waals surface area (Å²) in [6.07, 6.45) is 0.853. The number of amides is 1. The Labute approximate surface area is 198 Å². The third-order valence-corrected chi connectivity index (χ3v) is 8.00. The lowest BCUT2D eigenvalue weighted by atomic mass is 10.1. The van der Waals surface area contributed by atoms with Crippen LogP contribution in [-0.2, 0) is 29.5 Å². The summed E-state index contributed by atoms with van der Waals surface area (Å²) in [5, 5.41) is 3.42. The quantitative estimate of drug-likeness (QED) is 0.568. The van der Waals surface area contributed by atoms with E-state index in [1.807, 2.05) is 18.2 Å². The average molecular weight is 493 g/mol. The highest BCUT2D eigenvalue weighted by Gasteiger charge is 2.22. The molecule has 0 unspecified atom stereocenters. The van der Waals surface area contributed by atoms with Crippen LogP contribution >= 0.6 is 23.7 Å². The SMILES string of the molecule is CN(C)S(=O)(=O)c1ccc(C(=O)Nc2nc3c(s2)CN(Cc2ccccc2)CC3)cc1.Cl. The molecule has 3 aromatic rings. The van der Waals surface area contributed by atoms with Crippen LogP contribution in [0.3, 0.4) is 0 Å². The summed E-state index contributed by atoms with van der Waals surface area (Å²) in [5.74, 6) is -0.305. The van der Waals surface area contributed by atoms with Gasteiger partial charge in [0.2, 0.25) is 10.0 Å². The van der Waals surface area contributed by atoms with Crippen molar-refractivity contribution in [2.75, 3.05) is 26.0 Å². The fourth-order valence-electron chi connectivity index (χ4n) is 3.44. The minimum absolute atomic E-state index is 0. The van der Waals surface area contributed by atoms with Crippen LogP contribution in [0.25, 0.3) is 0 Å². The monoisotopic (exact) mass is 492 g/mol. The Morgan fingerprint density at radius 1 is 1.12 bits per heavy atom. The van der Waals surface area contributed by atoms with Gasteiger partial charge < -0.3 is 0 Å². The number of anilines is 1. The van der Waals surface area contributed by atoms with Crippen LogP contribution in [0.2, 0.25) is 0 Å². The Bertz CT molecular complexity index is 1180. The Morgan fingerprint density at radius 2 is 1.81 bits per heavy atom. The molecule has 1 aromatic heterocycles.